The van der Waals surface area contributed by atoms with E-state index in [0.717, 1.165) is 36.3 Å². The molecule has 0 aliphatic carbocycles. The first kappa shape index (κ1) is 20.7. The Hall–Kier alpha value is -2.15. The lowest BCUT2D eigenvalue weighted by atomic mass is 9.95. The Morgan fingerprint density at radius 2 is 1.61 bits per heavy atom. The van der Waals surface area contributed by atoms with E-state index in [1.54, 1.807) is 16.4 Å². The lowest BCUT2D eigenvalue weighted by Gasteiger charge is -2.38. The van der Waals surface area contributed by atoms with Gasteiger partial charge in [0.15, 0.2) is 0 Å². The fourth-order valence-corrected chi connectivity index (χ4v) is 7.44. The van der Waals surface area contributed by atoms with Gasteiger partial charge >= 0.3 is 0 Å². The van der Waals surface area contributed by atoms with E-state index < -0.39 is 10.0 Å². The van der Waals surface area contributed by atoms with Gasteiger partial charge in [-0.3, -0.25) is 9.21 Å². The zero-order chi connectivity index (χ0) is 21.6. The Balaban J connectivity index is 1.58. The summed E-state index contributed by atoms with van der Waals surface area (Å²) >= 11 is 3.66. The SMILES string of the molecule is Cc1ccc(S(=O)(=O)N2c3ccccc3[C@@H](N3CCc4ccccc4C3)[C@@H]2CBr)cc1. The molecule has 31 heavy (non-hydrogen) atoms. The topological polar surface area (TPSA) is 40.6 Å². The van der Waals surface area contributed by atoms with Gasteiger partial charge < -0.3 is 0 Å². The molecule has 0 radical (unpaired) electrons. The van der Waals surface area contributed by atoms with Gasteiger partial charge in [-0.05, 0) is 48.2 Å². The van der Waals surface area contributed by atoms with Crippen molar-refractivity contribution in [2.75, 3.05) is 16.2 Å². The molecule has 0 saturated carbocycles. The van der Waals surface area contributed by atoms with Crippen molar-refractivity contribution in [2.45, 2.75) is 36.9 Å². The Labute approximate surface area is 192 Å². The van der Waals surface area contributed by atoms with Crippen molar-refractivity contribution >= 4 is 31.6 Å². The Kier molecular flexibility index (Phi) is 5.40. The first-order valence-corrected chi connectivity index (χ1v) is 13.1. The van der Waals surface area contributed by atoms with Crippen molar-refractivity contribution in [3.05, 3.63) is 95.1 Å². The predicted molar refractivity (Wildman–Crippen MR) is 128 cm³/mol. The van der Waals surface area contributed by atoms with Crippen molar-refractivity contribution in [1.29, 1.82) is 0 Å². The van der Waals surface area contributed by atoms with E-state index >= 15 is 0 Å². The number of benzene rings is 3. The minimum atomic E-state index is -3.69. The molecule has 0 saturated heterocycles. The maximum atomic E-state index is 13.8. The lowest BCUT2D eigenvalue weighted by Crippen LogP contribution is -2.46. The number of hydrogen-bond donors (Lipinski definition) is 0. The molecule has 0 fully saturated rings. The van der Waals surface area contributed by atoms with Crippen LogP contribution in [0, 0.1) is 6.92 Å². The standard InChI is InChI=1S/C25H25BrN2O2S/c1-18-10-12-21(13-11-18)31(29,30)28-23-9-5-4-8-22(23)25(24(28)16-26)27-15-14-19-6-2-3-7-20(19)17-27/h2-13,24-25H,14-17H2,1H3/t24-,25+/m0/s1. The molecule has 0 unspecified atom stereocenters. The minimum absolute atomic E-state index is 0.00385. The Bertz CT molecular complexity index is 1210. The number of anilines is 1. The summed E-state index contributed by atoms with van der Waals surface area (Å²) in [7, 11) is -3.69. The summed E-state index contributed by atoms with van der Waals surface area (Å²) in [5.74, 6) is 0. The smallest absolute Gasteiger partial charge is 0.264 e. The van der Waals surface area contributed by atoms with Gasteiger partial charge in [-0.2, -0.15) is 0 Å². The molecule has 4 nitrogen and oxygen atoms in total. The van der Waals surface area contributed by atoms with Gasteiger partial charge in [0.05, 0.1) is 22.7 Å². The van der Waals surface area contributed by atoms with Crippen molar-refractivity contribution in [3.63, 3.8) is 0 Å². The van der Waals surface area contributed by atoms with Crippen LogP contribution in [0.4, 0.5) is 5.69 Å². The summed E-state index contributed by atoms with van der Waals surface area (Å²) in [6.45, 7) is 3.71. The molecule has 3 aromatic carbocycles. The predicted octanol–water partition coefficient (Wildman–Crippen LogP) is 5.07. The summed E-state index contributed by atoms with van der Waals surface area (Å²) in [6.07, 6.45) is 0.981. The number of alkyl halides is 1. The van der Waals surface area contributed by atoms with E-state index in [9.17, 15) is 8.42 Å². The van der Waals surface area contributed by atoms with Crippen LogP contribution in [0.2, 0.25) is 0 Å². The van der Waals surface area contributed by atoms with E-state index in [-0.39, 0.29) is 12.1 Å². The van der Waals surface area contributed by atoms with Gasteiger partial charge in [0.25, 0.3) is 10.0 Å². The van der Waals surface area contributed by atoms with Crippen LogP contribution in [0.1, 0.15) is 28.3 Å². The zero-order valence-corrected chi connectivity index (χ0v) is 19.8. The fraction of sp³-hybridized carbons (Fsp3) is 0.280. The van der Waals surface area contributed by atoms with Crippen LogP contribution >= 0.6 is 15.9 Å². The lowest BCUT2D eigenvalue weighted by molar-refractivity contribution is 0.170. The molecule has 160 valence electrons. The average molecular weight is 497 g/mol. The van der Waals surface area contributed by atoms with E-state index in [0.29, 0.717) is 10.2 Å². The second-order valence-corrected chi connectivity index (χ2v) is 10.8. The van der Waals surface area contributed by atoms with Gasteiger partial charge in [0.1, 0.15) is 0 Å². The highest BCUT2D eigenvalue weighted by atomic mass is 79.9. The minimum Gasteiger partial charge on any atom is -0.290 e. The van der Waals surface area contributed by atoms with Crippen molar-refractivity contribution in [1.82, 2.24) is 4.90 Å². The second kappa shape index (κ2) is 8.08. The third-order valence-corrected chi connectivity index (χ3v) is 8.96. The molecular weight excluding hydrogens is 472 g/mol. The molecular formula is C25H25BrN2O2S. The number of hydrogen-bond acceptors (Lipinski definition) is 3. The summed E-state index contributed by atoms with van der Waals surface area (Å²) < 4.78 is 29.2. The van der Waals surface area contributed by atoms with Crippen molar-refractivity contribution < 1.29 is 8.42 Å². The highest BCUT2D eigenvalue weighted by Crippen LogP contribution is 2.47. The van der Waals surface area contributed by atoms with Gasteiger partial charge in [-0.15, -0.1) is 0 Å². The first-order chi connectivity index (χ1) is 15.0. The third kappa shape index (κ3) is 3.51. The van der Waals surface area contributed by atoms with Crippen LogP contribution < -0.4 is 4.31 Å². The van der Waals surface area contributed by atoms with Gasteiger partial charge in [0, 0.05) is 18.4 Å². The maximum Gasteiger partial charge on any atom is 0.264 e. The van der Waals surface area contributed by atoms with Gasteiger partial charge in [-0.25, -0.2) is 8.42 Å². The van der Waals surface area contributed by atoms with Crippen molar-refractivity contribution in [2.24, 2.45) is 0 Å². The Morgan fingerprint density at radius 3 is 2.35 bits per heavy atom. The summed E-state index contributed by atoms with van der Waals surface area (Å²) in [4.78, 5) is 2.78. The summed E-state index contributed by atoms with van der Waals surface area (Å²) in [6, 6.07) is 23.5. The van der Waals surface area contributed by atoms with Gasteiger partial charge in [0.2, 0.25) is 0 Å². The number of aryl methyl sites for hydroxylation is 1. The van der Waals surface area contributed by atoms with Crippen LogP contribution in [0.5, 0.6) is 0 Å². The maximum absolute atomic E-state index is 13.8. The molecule has 2 atom stereocenters. The van der Waals surface area contributed by atoms with Crippen molar-refractivity contribution in [3.8, 4) is 0 Å². The molecule has 0 amide bonds. The normalized spacial score (nSPS) is 21.0. The Morgan fingerprint density at radius 1 is 0.935 bits per heavy atom. The highest BCUT2D eigenvalue weighted by Gasteiger charge is 2.46. The first-order valence-electron chi connectivity index (χ1n) is 10.6. The molecule has 0 aromatic heterocycles. The van der Waals surface area contributed by atoms with Crippen LogP contribution in [-0.2, 0) is 23.0 Å². The fourth-order valence-electron chi connectivity index (χ4n) is 4.93. The number of para-hydroxylation sites is 1. The summed E-state index contributed by atoms with van der Waals surface area (Å²) in [5, 5.41) is 0.565. The average Bonchev–Trinajstić information content (AvgIpc) is 3.14. The molecule has 2 aliphatic heterocycles. The van der Waals surface area contributed by atoms with E-state index in [1.165, 1.54) is 11.1 Å². The molecule has 0 N–H and O–H groups in total. The number of halogens is 1. The van der Waals surface area contributed by atoms with E-state index in [4.69, 9.17) is 0 Å². The third-order valence-electron chi connectivity index (χ3n) is 6.45. The molecule has 5 rings (SSSR count). The van der Waals surface area contributed by atoms with Crippen LogP contribution in [-0.4, -0.2) is 31.2 Å². The number of nitrogens with zero attached hydrogens (tertiary/aromatic N) is 2. The molecule has 0 bridgehead atoms. The van der Waals surface area contributed by atoms with Crippen LogP contribution in [0.15, 0.2) is 77.7 Å². The largest absolute Gasteiger partial charge is 0.290 e. The number of sulfonamides is 1. The van der Waals surface area contributed by atoms with Crippen LogP contribution in [0.3, 0.4) is 0 Å². The molecule has 2 heterocycles. The quantitative estimate of drug-likeness (QED) is 0.473. The molecule has 2 aliphatic rings. The zero-order valence-electron chi connectivity index (χ0n) is 17.4. The van der Waals surface area contributed by atoms with E-state index in [2.05, 4.69) is 51.2 Å². The van der Waals surface area contributed by atoms with E-state index in [1.807, 2.05) is 37.3 Å². The molecule has 6 heteroatoms. The van der Waals surface area contributed by atoms with Gasteiger partial charge in [-0.1, -0.05) is 76.1 Å². The molecule has 3 aromatic rings. The monoisotopic (exact) mass is 496 g/mol. The molecule has 0 spiro atoms. The second-order valence-electron chi connectivity index (χ2n) is 8.33. The summed E-state index contributed by atoms with van der Waals surface area (Å²) in [5.41, 5.74) is 5.64. The van der Waals surface area contributed by atoms with Crippen LogP contribution in [0.25, 0.3) is 0 Å². The highest BCUT2D eigenvalue weighted by molar-refractivity contribution is 9.09. The number of fused-ring (bicyclic) bond motifs is 2. The number of rotatable bonds is 4.